The summed E-state index contributed by atoms with van der Waals surface area (Å²) in [6.07, 6.45) is 11.9. The smallest absolute Gasteiger partial charge is 0.155 e. The van der Waals surface area contributed by atoms with Crippen LogP contribution in [0.2, 0.25) is 0 Å². The average molecular weight is 271 g/mol. The Morgan fingerprint density at radius 3 is 2.75 bits per heavy atom. The molecule has 0 aliphatic heterocycles. The Labute approximate surface area is 119 Å². The zero-order valence-electron chi connectivity index (χ0n) is 11.9. The van der Waals surface area contributed by atoms with Gasteiger partial charge >= 0.3 is 0 Å². The normalized spacial score (nSPS) is 17.9. The van der Waals surface area contributed by atoms with Crippen LogP contribution >= 0.6 is 0 Å². The molecular formula is C15H21N5. The molecule has 2 heterocycles. The Kier molecular flexibility index (Phi) is 3.95. The Morgan fingerprint density at radius 2 is 2.10 bits per heavy atom. The van der Waals surface area contributed by atoms with Gasteiger partial charge < -0.3 is 5.32 Å². The maximum atomic E-state index is 4.42. The van der Waals surface area contributed by atoms with E-state index in [1.807, 2.05) is 12.3 Å². The van der Waals surface area contributed by atoms with Gasteiger partial charge in [0.25, 0.3) is 0 Å². The molecule has 3 rings (SSSR count). The van der Waals surface area contributed by atoms with Crippen molar-refractivity contribution < 1.29 is 0 Å². The van der Waals surface area contributed by atoms with Gasteiger partial charge in [-0.2, -0.15) is 5.10 Å². The third-order valence-corrected chi connectivity index (χ3v) is 4.15. The Bertz CT molecular complexity index is 514. The van der Waals surface area contributed by atoms with Gasteiger partial charge in [0.05, 0.1) is 11.9 Å². The van der Waals surface area contributed by atoms with Crippen molar-refractivity contribution in [1.29, 1.82) is 0 Å². The second-order valence-corrected chi connectivity index (χ2v) is 5.58. The first kappa shape index (κ1) is 13.1. The highest BCUT2D eigenvalue weighted by molar-refractivity contribution is 5.44. The quantitative estimate of drug-likeness (QED) is 0.928. The number of aromatic nitrogens is 4. The van der Waals surface area contributed by atoms with E-state index >= 15 is 0 Å². The largest absolute Gasteiger partial charge is 0.381 e. The van der Waals surface area contributed by atoms with Gasteiger partial charge in [0.15, 0.2) is 5.82 Å². The van der Waals surface area contributed by atoms with Crippen molar-refractivity contribution in [2.75, 3.05) is 5.32 Å². The maximum Gasteiger partial charge on any atom is 0.155 e. The highest BCUT2D eigenvalue weighted by Gasteiger charge is 2.19. The van der Waals surface area contributed by atoms with Crippen LogP contribution in [0.3, 0.4) is 0 Å². The van der Waals surface area contributed by atoms with E-state index in [1.54, 1.807) is 11.0 Å². The van der Waals surface area contributed by atoms with Crippen LogP contribution in [-0.4, -0.2) is 25.8 Å². The molecule has 1 aliphatic rings. The Morgan fingerprint density at radius 1 is 1.25 bits per heavy atom. The van der Waals surface area contributed by atoms with E-state index in [1.165, 1.54) is 38.4 Å². The highest BCUT2D eigenvalue weighted by Crippen LogP contribution is 2.27. The zero-order valence-corrected chi connectivity index (χ0v) is 11.9. The van der Waals surface area contributed by atoms with Gasteiger partial charge in [0, 0.05) is 6.04 Å². The number of hydrogen-bond donors (Lipinski definition) is 1. The molecule has 1 N–H and O–H groups in total. The minimum atomic E-state index is 0.509. The fraction of sp³-hybridized carbons (Fsp3) is 0.533. The summed E-state index contributed by atoms with van der Waals surface area (Å²) in [5.74, 6) is 1.58. The lowest BCUT2D eigenvalue weighted by molar-refractivity contribution is 0.328. The van der Waals surface area contributed by atoms with Crippen LogP contribution in [0, 0.1) is 5.92 Å². The number of pyridine rings is 1. The van der Waals surface area contributed by atoms with Crippen LogP contribution in [0.15, 0.2) is 31.0 Å². The molecule has 2 aromatic rings. The summed E-state index contributed by atoms with van der Waals surface area (Å²) >= 11 is 0. The summed E-state index contributed by atoms with van der Waals surface area (Å²) in [7, 11) is 0. The van der Waals surface area contributed by atoms with Crippen molar-refractivity contribution in [3.63, 3.8) is 0 Å². The number of anilines is 1. The van der Waals surface area contributed by atoms with Crippen LogP contribution in [0.1, 0.15) is 39.0 Å². The molecule has 5 heteroatoms. The van der Waals surface area contributed by atoms with E-state index in [9.17, 15) is 0 Å². The summed E-state index contributed by atoms with van der Waals surface area (Å²) in [5.41, 5.74) is 1.08. The second kappa shape index (κ2) is 6.03. The monoisotopic (exact) mass is 271 g/mol. The topological polar surface area (TPSA) is 55.6 Å². The molecule has 1 aliphatic carbocycles. The Balaban J connectivity index is 1.63. The first-order chi connectivity index (χ1) is 9.83. The van der Waals surface area contributed by atoms with Crippen LogP contribution in [0.5, 0.6) is 0 Å². The average Bonchev–Trinajstić information content (AvgIpc) is 3.03. The highest BCUT2D eigenvalue weighted by atomic mass is 15.3. The first-order valence-electron chi connectivity index (χ1n) is 7.40. The van der Waals surface area contributed by atoms with Crippen molar-refractivity contribution in [3.05, 3.63) is 31.0 Å². The fourth-order valence-electron chi connectivity index (χ4n) is 2.95. The molecule has 0 spiro atoms. The molecule has 20 heavy (non-hydrogen) atoms. The minimum absolute atomic E-state index is 0.509. The number of hydrogen-bond acceptors (Lipinski definition) is 4. The number of rotatable bonds is 4. The molecule has 0 amide bonds. The first-order valence-corrected chi connectivity index (χ1v) is 7.40. The standard InChI is InChI=1S/C15H21N5/c1-12(13-5-3-2-4-6-13)19-14-7-8-15(17-9-14)20-11-16-10-18-20/h7-13,19H,2-6H2,1H3. The van der Waals surface area contributed by atoms with E-state index in [0.29, 0.717) is 6.04 Å². The van der Waals surface area contributed by atoms with Crippen LogP contribution in [0.4, 0.5) is 5.69 Å². The van der Waals surface area contributed by atoms with Gasteiger partial charge in [0.2, 0.25) is 0 Å². The molecule has 1 atom stereocenters. The summed E-state index contributed by atoms with van der Waals surface area (Å²) in [4.78, 5) is 8.34. The third kappa shape index (κ3) is 2.98. The molecule has 1 unspecified atom stereocenters. The van der Waals surface area contributed by atoms with E-state index in [-0.39, 0.29) is 0 Å². The molecule has 1 fully saturated rings. The van der Waals surface area contributed by atoms with Crippen molar-refractivity contribution in [3.8, 4) is 5.82 Å². The van der Waals surface area contributed by atoms with Crippen molar-refractivity contribution in [1.82, 2.24) is 19.7 Å². The van der Waals surface area contributed by atoms with E-state index in [0.717, 1.165) is 17.4 Å². The fourth-order valence-corrected chi connectivity index (χ4v) is 2.95. The van der Waals surface area contributed by atoms with Crippen LogP contribution < -0.4 is 5.32 Å². The molecule has 1 saturated carbocycles. The lowest BCUT2D eigenvalue weighted by atomic mass is 9.84. The lowest BCUT2D eigenvalue weighted by Gasteiger charge is -2.28. The van der Waals surface area contributed by atoms with E-state index in [2.05, 4.69) is 33.4 Å². The van der Waals surface area contributed by atoms with Gasteiger partial charge in [-0.05, 0) is 37.8 Å². The summed E-state index contributed by atoms with van der Waals surface area (Å²) < 4.78 is 1.66. The lowest BCUT2D eigenvalue weighted by Crippen LogP contribution is -2.27. The predicted octanol–water partition coefficient (Wildman–Crippen LogP) is 3.04. The van der Waals surface area contributed by atoms with E-state index < -0.39 is 0 Å². The number of nitrogens with one attached hydrogen (secondary N) is 1. The zero-order chi connectivity index (χ0) is 13.8. The van der Waals surface area contributed by atoms with Crippen molar-refractivity contribution in [2.45, 2.75) is 45.1 Å². The Hall–Kier alpha value is -1.91. The van der Waals surface area contributed by atoms with Crippen LogP contribution in [-0.2, 0) is 0 Å². The molecule has 0 saturated heterocycles. The van der Waals surface area contributed by atoms with Crippen molar-refractivity contribution >= 4 is 5.69 Å². The molecule has 5 nitrogen and oxygen atoms in total. The van der Waals surface area contributed by atoms with Gasteiger partial charge in [-0.1, -0.05) is 19.3 Å². The number of nitrogens with zero attached hydrogens (tertiary/aromatic N) is 4. The van der Waals surface area contributed by atoms with Crippen LogP contribution in [0.25, 0.3) is 5.82 Å². The van der Waals surface area contributed by atoms with E-state index in [4.69, 9.17) is 0 Å². The molecular weight excluding hydrogens is 250 g/mol. The van der Waals surface area contributed by atoms with Crippen molar-refractivity contribution in [2.24, 2.45) is 5.92 Å². The molecule has 0 radical (unpaired) electrons. The molecule has 0 bridgehead atoms. The molecule has 0 aromatic carbocycles. The van der Waals surface area contributed by atoms with Gasteiger partial charge in [0.1, 0.15) is 12.7 Å². The third-order valence-electron chi connectivity index (χ3n) is 4.15. The predicted molar refractivity (Wildman–Crippen MR) is 78.8 cm³/mol. The molecule has 106 valence electrons. The summed E-state index contributed by atoms with van der Waals surface area (Å²) in [6.45, 7) is 2.28. The summed E-state index contributed by atoms with van der Waals surface area (Å²) in [6, 6.07) is 4.53. The van der Waals surface area contributed by atoms with Gasteiger partial charge in [-0.15, -0.1) is 0 Å². The minimum Gasteiger partial charge on any atom is -0.381 e. The molecule has 2 aromatic heterocycles. The maximum absolute atomic E-state index is 4.42. The van der Waals surface area contributed by atoms with Gasteiger partial charge in [-0.3, -0.25) is 0 Å². The van der Waals surface area contributed by atoms with Gasteiger partial charge in [-0.25, -0.2) is 14.6 Å². The summed E-state index contributed by atoms with van der Waals surface area (Å²) in [5, 5.41) is 7.65. The SMILES string of the molecule is CC(Nc1ccc(-n2cncn2)nc1)C1CCCCC1. The second-order valence-electron chi connectivity index (χ2n) is 5.58.